The van der Waals surface area contributed by atoms with E-state index in [1.54, 1.807) is 11.8 Å². The quantitative estimate of drug-likeness (QED) is 0.500. The molecule has 1 aromatic heterocycles. The van der Waals surface area contributed by atoms with Gasteiger partial charge in [-0.05, 0) is 47.7 Å². The van der Waals surface area contributed by atoms with E-state index in [0.29, 0.717) is 0 Å². The molecule has 0 saturated heterocycles. The maximum atomic E-state index is 4.63. The summed E-state index contributed by atoms with van der Waals surface area (Å²) in [5.41, 5.74) is 3.32. The van der Waals surface area contributed by atoms with E-state index in [2.05, 4.69) is 89.7 Å². The Bertz CT molecular complexity index is 933. The van der Waals surface area contributed by atoms with Crippen molar-refractivity contribution >= 4 is 55.3 Å². The maximum Gasteiger partial charge on any atom is 0.227 e. The lowest BCUT2D eigenvalue weighted by atomic mass is 10.0. The Kier molecular flexibility index (Phi) is 4.71. The van der Waals surface area contributed by atoms with Gasteiger partial charge in [0.25, 0.3) is 0 Å². The van der Waals surface area contributed by atoms with Gasteiger partial charge in [0, 0.05) is 14.6 Å². The molecule has 1 unspecified atom stereocenters. The highest BCUT2D eigenvalue weighted by Gasteiger charge is 2.25. The fraction of sp³-hybridized carbons (Fsp3) is 0.111. The Morgan fingerprint density at radius 2 is 1.64 bits per heavy atom. The van der Waals surface area contributed by atoms with Crippen LogP contribution in [0.25, 0.3) is 5.70 Å². The molecule has 0 aliphatic carbocycles. The number of anilines is 1. The zero-order chi connectivity index (χ0) is 17.4. The fourth-order valence-electron chi connectivity index (χ4n) is 2.76. The van der Waals surface area contributed by atoms with E-state index in [0.717, 1.165) is 36.9 Å². The number of thioether (sulfide) groups is 1. The number of hydrogen-bond acceptors (Lipinski definition) is 4. The highest BCUT2D eigenvalue weighted by atomic mass is 79.9. The fourth-order valence-corrected chi connectivity index (χ4v) is 3.63. The molecule has 3 aromatic rings. The van der Waals surface area contributed by atoms with E-state index < -0.39 is 0 Å². The predicted octanol–water partition coefficient (Wildman–Crippen LogP) is 5.58. The molecule has 4 rings (SSSR count). The highest BCUT2D eigenvalue weighted by molar-refractivity contribution is 9.10. The van der Waals surface area contributed by atoms with Gasteiger partial charge in [-0.3, -0.25) is 0 Å². The molecule has 0 fully saturated rings. The number of aromatic nitrogens is 3. The Morgan fingerprint density at radius 1 is 1.00 bits per heavy atom. The summed E-state index contributed by atoms with van der Waals surface area (Å²) in [6.07, 6.45) is 4.18. The molecular weight excluding hydrogens is 464 g/mol. The third kappa shape index (κ3) is 3.41. The van der Waals surface area contributed by atoms with Crippen LogP contribution in [0.1, 0.15) is 17.2 Å². The lowest BCUT2D eigenvalue weighted by Crippen LogP contribution is -2.20. The molecular formula is C18H14Br2N4S. The van der Waals surface area contributed by atoms with Crippen LogP contribution in [0.3, 0.4) is 0 Å². The second-order valence-electron chi connectivity index (χ2n) is 5.58. The number of nitrogens with one attached hydrogen (secondary N) is 1. The molecule has 1 aliphatic rings. The average Bonchev–Trinajstić information content (AvgIpc) is 3.05. The van der Waals surface area contributed by atoms with Crippen molar-refractivity contribution in [1.29, 1.82) is 0 Å². The highest BCUT2D eigenvalue weighted by Crippen LogP contribution is 2.34. The van der Waals surface area contributed by atoms with E-state index in [1.165, 1.54) is 0 Å². The van der Waals surface area contributed by atoms with Gasteiger partial charge in [0.05, 0.1) is 0 Å². The normalized spacial score (nSPS) is 16.1. The standard InChI is InChI=1S/C18H14Br2N4S/c1-25-18-22-17-21-15(11-2-6-13(19)7-3-11)10-16(24(17)23-18)12-4-8-14(20)9-5-12/h2-10,16H,1H3,(H,21,22,23). The van der Waals surface area contributed by atoms with Crippen LogP contribution >= 0.6 is 43.6 Å². The molecule has 25 heavy (non-hydrogen) atoms. The van der Waals surface area contributed by atoms with Crippen molar-refractivity contribution < 1.29 is 0 Å². The molecule has 0 amide bonds. The number of fused-ring (bicyclic) bond motifs is 1. The smallest absolute Gasteiger partial charge is 0.227 e. The van der Waals surface area contributed by atoms with Crippen LogP contribution in [0.4, 0.5) is 5.95 Å². The van der Waals surface area contributed by atoms with Crippen LogP contribution in [-0.2, 0) is 0 Å². The summed E-state index contributed by atoms with van der Waals surface area (Å²) in [5.74, 6) is 0.762. The zero-order valence-electron chi connectivity index (χ0n) is 13.3. The second-order valence-corrected chi connectivity index (χ2v) is 8.18. The Morgan fingerprint density at radius 3 is 2.28 bits per heavy atom. The maximum absolute atomic E-state index is 4.63. The first kappa shape index (κ1) is 16.9. The van der Waals surface area contributed by atoms with Crippen molar-refractivity contribution in [2.45, 2.75) is 11.2 Å². The molecule has 2 heterocycles. The second kappa shape index (κ2) is 6.97. The number of allylic oxidation sites excluding steroid dienone is 1. The van der Waals surface area contributed by atoms with Crippen molar-refractivity contribution in [2.75, 3.05) is 11.6 Å². The van der Waals surface area contributed by atoms with E-state index in [4.69, 9.17) is 0 Å². The minimum absolute atomic E-state index is 0.00334. The number of benzene rings is 2. The van der Waals surface area contributed by atoms with Crippen LogP contribution in [0.15, 0.2) is 68.7 Å². The Balaban J connectivity index is 1.81. The van der Waals surface area contributed by atoms with Crippen molar-refractivity contribution in [3.05, 3.63) is 74.7 Å². The van der Waals surface area contributed by atoms with Crippen LogP contribution in [0.2, 0.25) is 0 Å². The van der Waals surface area contributed by atoms with E-state index >= 15 is 0 Å². The minimum atomic E-state index is -0.00334. The van der Waals surface area contributed by atoms with Crippen LogP contribution < -0.4 is 5.32 Å². The third-order valence-electron chi connectivity index (χ3n) is 4.00. The molecule has 0 spiro atoms. The largest absolute Gasteiger partial charge is 0.324 e. The van der Waals surface area contributed by atoms with E-state index in [9.17, 15) is 0 Å². The van der Waals surface area contributed by atoms with Gasteiger partial charge in [0.15, 0.2) is 0 Å². The van der Waals surface area contributed by atoms with Gasteiger partial charge in [-0.1, -0.05) is 67.9 Å². The molecule has 1 N–H and O–H groups in total. The lowest BCUT2D eigenvalue weighted by molar-refractivity contribution is 0.598. The minimum Gasteiger partial charge on any atom is -0.324 e. The first-order valence-corrected chi connectivity index (χ1v) is 10.5. The zero-order valence-corrected chi connectivity index (χ0v) is 17.3. The molecule has 7 heteroatoms. The number of nitrogens with zero attached hydrogens (tertiary/aromatic N) is 3. The number of hydrogen-bond donors (Lipinski definition) is 1. The summed E-state index contributed by atoms with van der Waals surface area (Å²) < 4.78 is 4.06. The summed E-state index contributed by atoms with van der Waals surface area (Å²) in [4.78, 5) is 4.60. The molecule has 2 aromatic carbocycles. The Labute approximate surface area is 167 Å². The Hall–Kier alpha value is -1.57. The van der Waals surface area contributed by atoms with Crippen molar-refractivity contribution in [1.82, 2.24) is 14.8 Å². The van der Waals surface area contributed by atoms with Gasteiger partial charge < -0.3 is 5.32 Å². The molecule has 1 atom stereocenters. The summed E-state index contributed by atoms with van der Waals surface area (Å²) in [6.45, 7) is 0. The summed E-state index contributed by atoms with van der Waals surface area (Å²) in [6, 6.07) is 16.6. The van der Waals surface area contributed by atoms with Gasteiger partial charge >= 0.3 is 0 Å². The summed E-state index contributed by atoms with van der Waals surface area (Å²) in [5, 5.41) is 8.80. The summed E-state index contributed by atoms with van der Waals surface area (Å²) in [7, 11) is 0. The number of rotatable bonds is 3. The van der Waals surface area contributed by atoms with Gasteiger partial charge in [-0.2, -0.15) is 4.98 Å². The SMILES string of the molecule is CSc1nc2n(n1)C(c1ccc(Br)cc1)C=C(c1ccc(Br)cc1)N2. The molecule has 0 bridgehead atoms. The van der Waals surface area contributed by atoms with Crippen molar-refractivity contribution in [3.8, 4) is 0 Å². The van der Waals surface area contributed by atoms with Crippen molar-refractivity contribution in [2.24, 2.45) is 0 Å². The van der Waals surface area contributed by atoms with Crippen LogP contribution in [0.5, 0.6) is 0 Å². The lowest BCUT2D eigenvalue weighted by Gasteiger charge is -2.24. The van der Waals surface area contributed by atoms with Gasteiger partial charge in [0.1, 0.15) is 6.04 Å². The van der Waals surface area contributed by atoms with E-state index in [-0.39, 0.29) is 6.04 Å². The van der Waals surface area contributed by atoms with Crippen LogP contribution in [0, 0.1) is 0 Å². The third-order valence-corrected chi connectivity index (χ3v) is 5.59. The average molecular weight is 478 g/mol. The number of halogens is 2. The van der Waals surface area contributed by atoms with Crippen molar-refractivity contribution in [3.63, 3.8) is 0 Å². The van der Waals surface area contributed by atoms with Crippen LogP contribution in [-0.4, -0.2) is 21.0 Å². The molecule has 1 aliphatic heterocycles. The predicted molar refractivity (Wildman–Crippen MR) is 110 cm³/mol. The monoisotopic (exact) mass is 476 g/mol. The van der Waals surface area contributed by atoms with Gasteiger partial charge in [-0.15, -0.1) is 5.10 Å². The molecule has 126 valence electrons. The molecule has 4 nitrogen and oxygen atoms in total. The summed E-state index contributed by atoms with van der Waals surface area (Å²) >= 11 is 8.53. The molecule has 0 radical (unpaired) electrons. The first-order chi connectivity index (χ1) is 12.1. The van der Waals surface area contributed by atoms with E-state index in [1.807, 2.05) is 23.1 Å². The topological polar surface area (TPSA) is 42.7 Å². The van der Waals surface area contributed by atoms with Gasteiger partial charge in [-0.25, -0.2) is 4.68 Å². The first-order valence-electron chi connectivity index (χ1n) is 7.65. The van der Waals surface area contributed by atoms with Gasteiger partial charge in [0.2, 0.25) is 11.1 Å². The molecule has 0 saturated carbocycles.